The lowest BCUT2D eigenvalue weighted by Gasteiger charge is -2.37. The Bertz CT molecular complexity index is 1320. The van der Waals surface area contributed by atoms with Gasteiger partial charge in [0.05, 0.1) is 27.2 Å². The van der Waals surface area contributed by atoms with Crippen LogP contribution in [-0.2, 0) is 20.9 Å². The third-order valence-electron chi connectivity index (χ3n) is 5.96. The molecule has 3 aromatic rings. The molecule has 3 atom stereocenters. The van der Waals surface area contributed by atoms with Crippen molar-refractivity contribution in [2.24, 2.45) is 0 Å². The van der Waals surface area contributed by atoms with E-state index >= 15 is 0 Å². The molecular formula is C22H19ClN6O5S2. The van der Waals surface area contributed by atoms with E-state index in [0.717, 1.165) is 5.69 Å². The molecule has 0 bridgehead atoms. The van der Waals surface area contributed by atoms with Crippen molar-refractivity contribution in [2.75, 3.05) is 5.75 Å². The molecule has 5 rings (SSSR count). The van der Waals surface area contributed by atoms with Crippen molar-refractivity contribution in [1.29, 1.82) is 0 Å². The molecule has 11 nitrogen and oxygen atoms in total. The Morgan fingerprint density at radius 2 is 2.00 bits per heavy atom. The molecule has 0 spiro atoms. The summed E-state index contributed by atoms with van der Waals surface area (Å²) < 4.78 is 6.51. The van der Waals surface area contributed by atoms with Gasteiger partial charge in [-0.15, -0.1) is 16.9 Å². The molecule has 3 unspecified atom stereocenters. The summed E-state index contributed by atoms with van der Waals surface area (Å²) in [6.45, 7) is 1.88. The molecule has 14 heteroatoms. The largest absolute Gasteiger partial charge is 0.459 e. The number of benzene rings is 2. The second-order valence-corrected chi connectivity index (χ2v) is 11.6. The smallest absolute Gasteiger partial charge is 0.330 e. The highest BCUT2D eigenvalue weighted by Gasteiger charge is 2.61. The second-order valence-electron chi connectivity index (χ2n) is 8.46. The zero-order chi connectivity index (χ0) is 25.4. The average Bonchev–Trinajstić information content (AvgIpc) is 3.42. The highest BCUT2D eigenvalue weighted by Crippen LogP contribution is 2.52. The number of hydrogen-bond donors (Lipinski definition) is 0. The van der Waals surface area contributed by atoms with Crippen molar-refractivity contribution in [3.63, 3.8) is 0 Å². The Morgan fingerprint density at radius 3 is 2.67 bits per heavy atom. The van der Waals surface area contributed by atoms with Crippen molar-refractivity contribution in [2.45, 2.75) is 41.3 Å². The highest BCUT2D eigenvalue weighted by atomic mass is 35.5. The van der Waals surface area contributed by atoms with Gasteiger partial charge in [0.15, 0.2) is 0 Å². The van der Waals surface area contributed by atoms with Crippen LogP contribution in [0.5, 0.6) is 0 Å². The molecule has 2 fully saturated rings. The van der Waals surface area contributed by atoms with E-state index in [1.54, 1.807) is 45.6 Å². The van der Waals surface area contributed by atoms with Gasteiger partial charge in [-0.3, -0.25) is 14.9 Å². The maximum atomic E-state index is 13.2. The number of nitrogens with zero attached hydrogens (tertiary/aromatic N) is 6. The quantitative estimate of drug-likeness (QED) is 0.136. The highest BCUT2D eigenvalue weighted by molar-refractivity contribution is 8.04. The number of amides is 1. The number of ether oxygens (including phenoxy) is 1. The molecule has 3 heterocycles. The number of nitro groups is 1. The standard InChI is InChI=1S/C22H19ClN6O5S2/c1-22(12-35-21-24-25-26-28(21)15-8-4-14(23)5-9-15)19(27-17(30)10-18(27)36-22)20(31)34-11-13-2-6-16(7-3-13)29(32)33/h2-9,18-19H,10-12H2,1H3. The Balaban J connectivity index is 1.30. The maximum Gasteiger partial charge on any atom is 0.330 e. The summed E-state index contributed by atoms with van der Waals surface area (Å²) in [6.07, 6.45) is 0.375. The molecule has 0 aliphatic carbocycles. The van der Waals surface area contributed by atoms with Crippen LogP contribution in [0.1, 0.15) is 18.9 Å². The summed E-state index contributed by atoms with van der Waals surface area (Å²) in [7, 11) is 0. The number of β-lactam (4-membered cyclic amide) rings is 1. The van der Waals surface area contributed by atoms with E-state index in [9.17, 15) is 19.7 Å². The molecule has 0 N–H and O–H groups in total. The Kier molecular flexibility index (Phi) is 6.62. The third-order valence-corrected chi connectivity index (χ3v) is 9.22. The molecule has 2 aliphatic rings. The number of non-ortho nitro benzene ring substituents is 1. The monoisotopic (exact) mass is 546 g/mol. The van der Waals surface area contributed by atoms with E-state index in [1.165, 1.54) is 36.0 Å². The fraction of sp³-hybridized carbons (Fsp3) is 0.318. The van der Waals surface area contributed by atoms with Crippen LogP contribution in [0.15, 0.2) is 53.7 Å². The predicted octanol–water partition coefficient (Wildman–Crippen LogP) is 3.49. The summed E-state index contributed by atoms with van der Waals surface area (Å²) in [5.74, 6) is -0.162. The number of fused-ring (bicyclic) bond motifs is 1. The number of tetrazole rings is 1. The second kappa shape index (κ2) is 9.71. The molecule has 0 radical (unpaired) electrons. The summed E-state index contributed by atoms with van der Waals surface area (Å²) in [5, 5.41) is 23.9. The minimum atomic E-state index is -0.779. The van der Waals surface area contributed by atoms with Crippen LogP contribution in [0.3, 0.4) is 0 Å². The van der Waals surface area contributed by atoms with E-state index < -0.39 is 21.7 Å². The molecule has 36 heavy (non-hydrogen) atoms. The first-order valence-corrected chi connectivity index (χ1v) is 13.1. The fourth-order valence-electron chi connectivity index (χ4n) is 4.12. The number of carbonyl (C=O) groups is 2. The molecule has 186 valence electrons. The van der Waals surface area contributed by atoms with Gasteiger partial charge in [-0.05, 0) is 59.3 Å². The van der Waals surface area contributed by atoms with Gasteiger partial charge in [0.25, 0.3) is 5.69 Å². The molecule has 1 amide bonds. The summed E-state index contributed by atoms with van der Waals surface area (Å²) in [4.78, 5) is 37.5. The van der Waals surface area contributed by atoms with Crippen LogP contribution in [-0.4, -0.2) is 63.8 Å². The van der Waals surface area contributed by atoms with Gasteiger partial charge in [0.2, 0.25) is 11.1 Å². The van der Waals surface area contributed by atoms with E-state index in [0.29, 0.717) is 27.9 Å². The van der Waals surface area contributed by atoms with Gasteiger partial charge in [0.1, 0.15) is 12.6 Å². The zero-order valence-electron chi connectivity index (χ0n) is 18.8. The number of esters is 1. The Labute approximate surface area is 218 Å². The zero-order valence-corrected chi connectivity index (χ0v) is 21.2. The lowest BCUT2D eigenvalue weighted by molar-refractivity contribution is -0.384. The van der Waals surface area contributed by atoms with Crippen molar-refractivity contribution < 1.29 is 19.2 Å². The lowest BCUT2D eigenvalue weighted by Crippen LogP contribution is -2.58. The minimum absolute atomic E-state index is 0.0446. The SMILES string of the molecule is CC1(CSc2nnnn2-c2ccc(Cl)cc2)SC2CC(=O)N2C1C(=O)OCc1ccc([N+](=O)[O-])cc1. The first-order valence-electron chi connectivity index (χ1n) is 10.8. The first-order chi connectivity index (χ1) is 17.2. The third kappa shape index (κ3) is 4.65. The van der Waals surface area contributed by atoms with Crippen molar-refractivity contribution >= 4 is 52.7 Å². The molecule has 2 aromatic carbocycles. The number of rotatable bonds is 8. The molecule has 0 saturated carbocycles. The van der Waals surface area contributed by atoms with Crippen molar-refractivity contribution in [3.05, 3.63) is 69.2 Å². The number of halogens is 1. The van der Waals surface area contributed by atoms with Gasteiger partial charge in [-0.25, -0.2) is 4.79 Å². The fourth-order valence-corrected chi connectivity index (χ4v) is 7.17. The molecule has 1 aromatic heterocycles. The maximum absolute atomic E-state index is 13.2. The Morgan fingerprint density at radius 1 is 1.28 bits per heavy atom. The van der Waals surface area contributed by atoms with Gasteiger partial charge in [0, 0.05) is 22.9 Å². The lowest BCUT2D eigenvalue weighted by atomic mass is 9.98. The van der Waals surface area contributed by atoms with Gasteiger partial charge < -0.3 is 9.64 Å². The number of carbonyl (C=O) groups excluding carboxylic acids is 2. The summed E-state index contributed by atoms with van der Waals surface area (Å²) >= 11 is 8.94. The first kappa shape index (κ1) is 24.5. The number of aromatic nitrogens is 4. The van der Waals surface area contributed by atoms with Crippen molar-refractivity contribution in [3.8, 4) is 5.69 Å². The van der Waals surface area contributed by atoms with Crippen LogP contribution in [0.4, 0.5) is 5.69 Å². The molecular weight excluding hydrogens is 528 g/mol. The van der Waals surface area contributed by atoms with E-state index in [2.05, 4.69) is 15.5 Å². The van der Waals surface area contributed by atoms with Crippen LogP contribution in [0, 0.1) is 10.1 Å². The number of thioether (sulfide) groups is 2. The van der Waals surface area contributed by atoms with Gasteiger partial charge in [-0.1, -0.05) is 23.4 Å². The van der Waals surface area contributed by atoms with Crippen LogP contribution >= 0.6 is 35.1 Å². The predicted molar refractivity (Wildman–Crippen MR) is 133 cm³/mol. The Hall–Kier alpha value is -3.16. The van der Waals surface area contributed by atoms with E-state index in [1.807, 2.05) is 6.92 Å². The summed E-state index contributed by atoms with van der Waals surface area (Å²) in [6, 6.07) is 12.1. The average molecular weight is 547 g/mol. The van der Waals surface area contributed by atoms with Crippen molar-refractivity contribution in [1.82, 2.24) is 25.1 Å². The van der Waals surface area contributed by atoms with Gasteiger partial charge >= 0.3 is 5.97 Å². The van der Waals surface area contributed by atoms with Gasteiger partial charge in [-0.2, -0.15) is 4.68 Å². The number of hydrogen-bond acceptors (Lipinski definition) is 10. The van der Waals surface area contributed by atoms with E-state index in [4.69, 9.17) is 16.3 Å². The molecule has 2 saturated heterocycles. The summed E-state index contributed by atoms with van der Waals surface area (Å²) in [5.41, 5.74) is 1.32. The van der Waals surface area contributed by atoms with Crippen LogP contribution < -0.4 is 0 Å². The topological polar surface area (TPSA) is 133 Å². The molecule has 2 aliphatic heterocycles. The minimum Gasteiger partial charge on any atom is -0.459 e. The van der Waals surface area contributed by atoms with E-state index in [-0.39, 0.29) is 23.6 Å². The normalized spacial score (nSPS) is 22.7. The van der Waals surface area contributed by atoms with Crippen LogP contribution in [0.2, 0.25) is 5.02 Å². The van der Waals surface area contributed by atoms with Crippen LogP contribution in [0.25, 0.3) is 5.69 Å². The number of nitro benzene ring substituents is 1.